The van der Waals surface area contributed by atoms with E-state index in [1.807, 2.05) is 0 Å². The maximum atomic E-state index is 13.9. The minimum atomic E-state index is -1.07. The van der Waals surface area contributed by atoms with E-state index in [0.29, 0.717) is 49.2 Å². The Bertz CT molecular complexity index is 1880. The van der Waals surface area contributed by atoms with Gasteiger partial charge in [-0.15, -0.1) is 0 Å². The molecule has 0 fully saturated rings. The molecule has 0 aliphatic carbocycles. The number of allylic oxidation sites excluding steroid dienone is 1. The van der Waals surface area contributed by atoms with Crippen molar-refractivity contribution in [1.82, 2.24) is 4.57 Å². The summed E-state index contributed by atoms with van der Waals surface area (Å²) in [6, 6.07) is 14.2. The van der Waals surface area contributed by atoms with Gasteiger partial charge in [-0.25, -0.2) is 14.6 Å². The van der Waals surface area contributed by atoms with Crippen molar-refractivity contribution in [1.29, 1.82) is 0 Å². The molecule has 4 aromatic rings. The highest BCUT2D eigenvalue weighted by Gasteiger charge is 2.34. The van der Waals surface area contributed by atoms with Gasteiger partial charge in [-0.1, -0.05) is 35.6 Å². The fourth-order valence-electron chi connectivity index (χ4n) is 4.72. The van der Waals surface area contributed by atoms with Crippen LogP contribution < -0.4 is 24.4 Å². The van der Waals surface area contributed by atoms with E-state index in [2.05, 4.69) is 4.99 Å². The van der Waals surface area contributed by atoms with Crippen molar-refractivity contribution < 1.29 is 33.3 Å². The number of furan rings is 1. The number of aromatic nitrogens is 1. The number of ether oxygens (including phenoxy) is 3. The van der Waals surface area contributed by atoms with Gasteiger partial charge in [-0.3, -0.25) is 9.36 Å². The molecule has 1 aliphatic rings. The van der Waals surface area contributed by atoms with Crippen LogP contribution in [0.2, 0.25) is 0 Å². The van der Waals surface area contributed by atoms with Crippen LogP contribution in [0.5, 0.6) is 11.5 Å². The summed E-state index contributed by atoms with van der Waals surface area (Å²) in [6.07, 6.45) is 1.58. The van der Waals surface area contributed by atoms with Gasteiger partial charge in [0.2, 0.25) is 0 Å². The summed E-state index contributed by atoms with van der Waals surface area (Å²) in [5.74, 6) is 0.000363. The van der Waals surface area contributed by atoms with E-state index in [9.17, 15) is 19.5 Å². The van der Waals surface area contributed by atoms with Crippen molar-refractivity contribution in [3.8, 4) is 22.8 Å². The smallest absolute Gasteiger partial charge is 0.338 e. The van der Waals surface area contributed by atoms with E-state index >= 15 is 0 Å². The Kier molecular flexibility index (Phi) is 7.62. The summed E-state index contributed by atoms with van der Waals surface area (Å²) in [6.45, 7) is 3.57. The Labute approximate surface area is 238 Å². The number of hydrogen-bond acceptors (Lipinski definition) is 9. The lowest BCUT2D eigenvalue weighted by Crippen LogP contribution is -2.39. The zero-order chi connectivity index (χ0) is 29.3. The van der Waals surface area contributed by atoms with E-state index in [4.69, 9.17) is 18.6 Å². The Balaban J connectivity index is 1.66. The number of carboxylic acid groups (broad SMARTS) is 1. The molecule has 2 aromatic carbocycles. The van der Waals surface area contributed by atoms with E-state index in [0.717, 1.165) is 11.3 Å². The molecule has 5 rings (SSSR count). The SMILES string of the molecule is CCOC(=O)C1=C(C)N=c2sc(=Cc3ccc(-c4ccccc4C(=O)O)o3)c(=O)n2C1c1ccc(OC)c(OC)c1. The zero-order valence-corrected chi connectivity index (χ0v) is 23.5. The standard InChI is InChI=1S/C30H26N2O8S/c1-5-39-29(36)25-16(2)31-30-32(26(25)17-10-12-22(37-3)23(14-17)38-4)27(33)24(41-30)15-18-11-13-21(40-18)19-8-6-7-9-20(19)28(34)35/h6-15,26H,5H2,1-4H3,(H,34,35). The number of fused-ring (bicyclic) bond motifs is 1. The Hall–Kier alpha value is -4.90. The highest BCUT2D eigenvalue weighted by atomic mass is 32.1. The van der Waals surface area contributed by atoms with Gasteiger partial charge in [-0.05, 0) is 49.7 Å². The molecule has 0 spiro atoms. The summed E-state index contributed by atoms with van der Waals surface area (Å²) < 4.78 is 23.9. The van der Waals surface area contributed by atoms with Crippen LogP contribution in [0.3, 0.4) is 0 Å². The second-order valence-corrected chi connectivity index (χ2v) is 9.98. The molecule has 0 saturated heterocycles. The maximum Gasteiger partial charge on any atom is 0.338 e. The topological polar surface area (TPSA) is 130 Å². The van der Waals surface area contributed by atoms with Gasteiger partial charge in [0.1, 0.15) is 11.5 Å². The predicted molar refractivity (Wildman–Crippen MR) is 151 cm³/mol. The first-order chi connectivity index (χ1) is 19.8. The average Bonchev–Trinajstić information content (AvgIpc) is 3.56. The fourth-order valence-corrected chi connectivity index (χ4v) is 5.75. The van der Waals surface area contributed by atoms with Crippen LogP contribution in [0.4, 0.5) is 0 Å². The van der Waals surface area contributed by atoms with E-state index in [1.54, 1.807) is 68.5 Å². The number of carbonyl (C=O) groups excluding carboxylic acids is 1. The number of aromatic carboxylic acids is 1. The second kappa shape index (κ2) is 11.3. The number of benzene rings is 2. The molecule has 1 aliphatic heterocycles. The van der Waals surface area contributed by atoms with Crippen LogP contribution >= 0.6 is 11.3 Å². The van der Waals surface area contributed by atoms with Crippen LogP contribution in [0, 0.1) is 0 Å². The molecule has 0 radical (unpaired) electrons. The molecule has 11 heteroatoms. The van der Waals surface area contributed by atoms with Crippen molar-refractivity contribution >= 4 is 29.4 Å². The molecule has 1 unspecified atom stereocenters. The molecular formula is C30H26N2O8S. The number of thiazole rings is 1. The van der Waals surface area contributed by atoms with E-state index in [-0.39, 0.29) is 23.3 Å². The second-order valence-electron chi connectivity index (χ2n) is 8.97. The minimum absolute atomic E-state index is 0.102. The van der Waals surface area contributed by atoms with Crippen molar-refractivity contribution in [3.05, 3.63) is 102 Å². The van der Waals surface area contributed by atoms with Crippen molar-refractivity contribution in [2.75, 3.05) is 20.8 Å². The van der Waals surface area contributed by atoms with Crippen LogP contribution in [0.15, 0.2) is 80.1 Å². The molecule has 41 heavy (non-hydrogen) atoms. The van der Waals surface area contributed by atoms with Crippen LogP contribution in [-0.2, 0) is 9.53 Å². The molecule has 0 bridgehead atoms. The van der Waals surface area contributed by atoms with E-state index < -0.39 is 18.0 Å². The third-order valence-electron chi connectivity index (χ3n) is 6.56. The lowest BCUT2D eigenvalue weighted by molar-refractivity contribution is -0.139. The molecule has 1 atom stereocenters. The van der Waals surface area contributed by atoms with Gasteiger partial charge < -0.3 is 23.7 Å². The number of methoxy groups -OCH3 is 2. The number of nitrogens with zero attached hydrogens (tertiary/aromatic N) is 2. The van der Waals surface area contributed by atoms with Crippen molar-refractivity contribution in [3.63, 3.8) is 0 Å². The number of hydrogen-bond donors (Lipinski definition) is 1. The summed E-state index contributed by atoms with van der Waals surface area (Å²) in [4.78, 5) is 43.6. The molecule has 10 nitrogen and oxygen atoms in total. The van der Waals surface area contributed by atoms with Gasteiger partial charge in [0, 0.05) is 11.6 Å². The first kappa shape index (κ1) is 27.7. The molecule has 2 aromatic heterocycles. The predicted octanol–water partition coefficient (Wildman–Crippen LogP) is 3.77. The van der Waals surface area contributed by atoms with Gasteiger partial charge in [0.15, 0.2) is 16.3 Å². The summed E-state index contributed by atoms with van der Waals surface area (Å²) in [5.41, 5.74) is 1.42. The Morgan fingerprint density at radius 3 is 2.56 bits per heavy atom. The van der Waals surface area contributed by atoms with Crippen molar-refractivity contribution in [2.45, 2.75) is 19.9 Å². The molecule has 3 heterocycles. The van der Waals surface area contributed by atoms with Crippen LogP contribution in [0.25, 0.3) is 17.4 Å². The van der Waals surface area contributed by atoms with Gasteiger partial charge >= 0.3 is 11.9 Å². The minimum Gasteiger partial charge on any atom is -0.493 e. The average molecular weight is 575 g/mol. The number of carboxylic acids is 1. The highest BCUT2D eigenvalue weighted by molar-refractivity contribution is 7.07. The van der Waals surface area contributed by atoms with Gasteiger partial charge in [0.25, 0.3) is 5.56 Å². The number of esters is 1. The normalized spacial score (nSPS) is 14.8. The van der Waals surface area contributed by atoms with Crippen molar-refractivity contribution in [2.24, 2.45) is 4.99 Å². The van der Waals surface area contributed by atoms with Gasteiger partial charge in [-0.2, -0.15) is 0 Å². The summed E-state index contributed by atoms with van der Waals surface area (Å²) in [7, 11) is 3.03. The maximum absolute atomic E-state index is 13.9. The van der Waals surface area contributed by atoms with E-state index in [1.165, 1.54) is 24.9 Å². The fraction of sp³-hybridized carbons (Fsp3) is 0.200. The third kappa shape index (κ3) is 5.07. The van der Waals surface area contributed by atoms with Crippen LogP contribution in [-0.4, -0.2) is 42.4 Å². The monoisotopic (exact) mass is 574 g/mol. The highest BCUT2D eigenvalue weighted by Crippen LogP contribution is 2.36. The Morgan fingerprint density at radius 1 is 1.10 bits per heavy atom. The summed E-state index contributed by atoms with van der Waals surface area (Å²) >= 11 is 1.15. The molecular weight excluding hydrogens is 548 g/mol. The largest absolute Gasteiger partial charge is 0.493 e. The number of rotatable bonds is 8. The molecule has 1 N–H and O–H groups in total. The van der Waals surface area contributed by atoms with Crippen LogP contribution in [0.1, 0.15) is 41.6 Å². The Morgan fingerprint density at radius 2 is 1.85 bits per heavy atom. The number of carbonyl (C=O) groups is 2. The third-order valence-corrected chi connectivity index (χ3v) is 7.55. The first-order valence-corrected chi connectivity index (χ1v) is 13.4. The lowest BCUT2D eigenvalue weighted by atomic mass is 9.95. The molecule has 210 valence electrons. The summed E-state index contributed by atoms with van der Waals surface area (Å²) in [5, 5.41) is 9.54. The quantitative estimate of drug-likeness (QED) is 0.315. The molecule has 0 saturated carbocycles. The lowest BCUT2D eigenvalue weighted by Gasteiger charge is -2.25. The molecule has 0 amide bonds. The van der Waals surface area contributed by atoms with Gasteiger partial charge in [0.05, 0.1) is 48.2 Å². The first-order valence-electron chi connectivity index (χ1n) is 12.6. The zero-order valence-electron chi connectivity index (χ0n) is 22.7.